The molecular weight excluding hydrogens is 265 g/mol. The van der Waals surface area contributed by atoms with Crippen molar-refractivity contribution in [3.05, 3.63) is 0 Å². The summed E-state index contributed by atoms with van der Waals surface area (Å²) in [5.74, 6) is 0. The first kappa shape index (κ1) is 19.7. The van der Waals surface area contributed by atoms with Crippen LogP contribution in [0.15, 0.2) is 0 Å². The van der Waals surface area contributed by atoms with Gasteiger partial charge >= 0.3 is 6.18 Å². The summed E-state index contributed by atoms with van der Waals surface area (Å²) in [6, 6.07) is -0.0396. The quantitative estimate of drug-likeness (QED) is 0.650. The van der Waals surface area contributed by atoms with E-state index in [1.807, 2.05) is 20.8 Å². The molecule has 2 nitrogen and oxygen atoms in total. The Labute approximate surface area is 122 Å². The lowest BCUT2D eigenvalue weighted by Crippen LogP contribution is -2.54. The van der Waals surface area contributed by atoms with Crippen molar-refractivity contribution in [3.63, 3.8) is 0 Å². The standard InChI is InChI=1S/C15H31F3N2/c1-6-9-13(19-10-7-2)14(8-3)20(12(4)5)11-15(16,17)18/h12-14,19H,6-11H2,1-5H3. The zero-order valence-electron chi connectivity index (χ0n) is 13.6. The van der Waals surface area contributed by atoms with Crippen LogP contribution in [0.1, 0.15) is 60.3 Å². The van der Waals surface area contributed by atoms with E-state index in [1.54, 1.807) is 4.90 Å². The number of hydrogen-bond acceptors (Lipinski definition) is 2. The minimum absolute atomic E-state index is 0.0666. The molecule has 0 rings (SSSR count). The molecule has 0 aliphatic carbocycles. The molecule has 1 N–H and O–H groups in total. The van der Waals surface area contributed by atoms with E-state index in [4.69, 9.17) is 0 Å². The zero-order valence-corrected chi connectivity index (χ0v) is 13.6. The van der Waals surface area contributed by atoms with Crippen LogP contribution in [0.2, 0.25) is 0 Å². The van der Waals surface area contributed by atoms with Crippen molar-refractivity contribution in [3.8, 4) is 0 Å². The smallest absolute Gasteiger partial charge is 0.312 e. The number of rotatable bonds is 10. The molecule has 0 aliphatic heterocycles. The monoisotopic (exact) mass is 296 g/mol. The van der Waals surface area contributed by atoms with Crippen molar-refractivity contribution in [2.75, 3.05) is 13.1 Å². The molecule has 0 aliphatic rings. The van der Waals surface area contributed by atoms with Gasteiger partial charge in [0.25, 0.3) is 0 Å². The van der Waals surface area contributed by atoms with Crippen LogP contribution in [0.4, 0.5) is 13.2 Å². The number of nitrogens with one attached hydrogen (secondary N) is 1. The third kappa shape index (κ3) is 7.48. The van der Waals surface area contributed by atoms with E-state index >= 15 is 0 Å². The molecular formula is C15H31F3N2. The average Bonchev–Trinajstić information content (AvgIpc) is 2.33. The number of alkyl halides is 3. The molecule has 0 saturated heterocycles. The van der Waals surface area contributed by atoms with Crippen LogP contribution >= 0.6 is 0 Å². The van der Waals surface area contributed by atoms with Crippen molar-refractivity contribution < 1.29 is 13.2 Å². The molecule has 0 saturated carbocycles. The van der Waals surface area contributed by atoms with Gasteiger partial charge in [0.1, 0.15) is 0 Å². The van der Waals surface area contributed by atoms with Gasteiger partial charge in [-0.15, -0.1) is 0 Å². The summed E-state index contributed by atoms with van der Waals surface area (Å²) in [6.45, 7) is 9.86. The van der Waals surface area contributed by atoms with Crippen molar-refractivity contribution in [1.82, 2.24) is 10.2 Å². The van der Waals surface area contributed by atoms with Crippen LogP contribution in [-0.2, 0) is 0 Å². The molecule has 5 heteroatoms. The van der Waals surface area contributed by atoms with E-state index in [0.717, 1.165) is 32.2 Å². The van der Waals surface area contributed by atoms with Crippen LogP contribution < -0.4 is 5.32 Å². The second kappa shape index (κ2) is 9.61. The topological polar surface area (TPSA) is 15.3 Å². The minimum atomic E-state index is -4.14. The molecule has 0 amide bonds. The van der Waals surface area contributed by atoms with Gasteiger partial charge in [-0.2, -0.15) is 13.2 Å². The molecule has 0 heterocycles. The lowest BCUT2D eigenvalue weighted by Gasteiger charge is -2.40. The van der Waals surface area contributed by atoms with Crippen LogP contribution in [0, 0.1) is 0 Å². The van der Waals surface area contributed by atoms with E-state index < -0.39 is 12.7 Å². The van der Waals surface area contributed by atoms with Gasteiger partial charge in [-0.3, -0.25) is 4.90 Å². The predicted octanol–water partition coefficient (Wildman–Crippen LogP) is 4.21. The van der Waals surface area contributed by atoms with Crippen LogP contribution in [-0.4, -0.2) is 42.3 Å². The molecule has 2 unspecified atom stereocenters. The van der Waals surface area contributed by atoms with Gasteiger partial charge in [0.15, 0.2) is 0 Å². The first-order chi connectivity index (χ1) is 9.26. The highest BCUT2D eigenvalue weighted by atomic mass is 19.4. The Morgan fingerprint density at radius 2 is 1.65 bits per heavy atom. The Morgan fingerprint density at radius 1 is 1.05 bits per heavy atom. The van der Waals surface area contributed by atoms with Gasteiger partial charge in [0.2, 0.25) is 0 Å². The minimum Gasteiger partial charge on any atom is -0.312 e. The zero-order chi connectivity index (χ0) is 15.8. The Balaban J connectivity index is 4.99. The molecule has 0 radical (unpaired) electrons. The molecule has 2 atom stereocenters. The largest absolute Gasteiger partial charge is 0.401 e. The van der Waals surface area contributed by atoms with Crippen LogP contribution in [0.3, 0.4) is 0 Å². The Morgan fingerprint density at radius 3 is 2.00 bits per heavy atom. The second-order valence-electron chi connectivity index (χ2n) is 5.71. The molecule has 0 fully saturated rings. The van der Waals surface area contributed by atoms with Crippen molar-refractivity contribution in [2.45, 2.75) is 84.6 Å². The highest BCUT2D eigenvalue weighted by Crippen LogP contribution is 2.23. The fraction of sp³-hybridized carbons (Fsp3) is 1.00. The maximum absolute atomic E-state index is 12.8. The first-order valence-corrected chi connectivity index (χ1v) is 7.82. The molecule has 0 bridgehead atoms. The summed E-state index contributed by atoms with van der Waals surface area (Å²) in [6.07, 6.45) is -0.512. The summed E-state index contributed by atoms with van der Waals surface area (Å²) in [4.78, 5) is 1.60. The van der Waals surface area contributed by atoms with Gasteiger partial charge in [0.05, 0.1) is 6.54 Å². The van der Waals surface area contributed by atoms with Crippen LogP contribution in [0.25, 0.3) is 0 Å². The average molecular weight is 296 g/mol. The van der Waals surface area contributed by atoms with E-state index in [-0.39, 0.29) is 18.1 Å². The summed E-state index contributed by atoms with van der Waals surface area (Å²) in [7, 11) is 0. The fourth-order valence-electron chi connectivity index (χ4n) is 2.71. The van der Waals surface area contributed by atoms with Gasteiger partial charge < -0.3 is 5.32 Å². The van der Waals surface area contributed by atoms with E-state index in [9.17, 15) is 13.2 Å². The first-order valence-electron chi connectivity index (χ1n) is 7.82. The van der Waals surface area contributed by atoms with Gasteiger partial charge in [-0.25, -0.2) is 0 Å². The molecule has 0 aromatic rings. The molecule has 122 valence electrons. The maximum Gasteiger partial charge on any atom is 0.401 e. The molecule has 0 aromatic heterocycles. The van der Waals surface area contributed by atoms with Gasteiger partial charge in [-0.05, 0) is 39.7 Å². The normalized spacial score (nSPS) is 15.9. The van der Waals surface area contributed by atoms with Gasteiger partial charge in [0, 0.05) is 18.1 Å². The Kier molecular flexibility index (Phi) is 9.47. The third-order valence-corrected chi connectivity index (χ3v) is 3.59. The lowest BCUT2D eigenvalue weighted by molar-refractivity contribution is -0.157. The number of hydrogen-bond donors (Lipinski definition) is 1. The highest BCUT2D eigenvalue weighted by molar-refractivity contribution is 4.86. The van der Waals surface area contributed by atoms with E-state index in [2.05, 4.69) is 19.2 Å². The number of nitrogens with zero attached hydrogens (tertiary/aromatic N) is 1. The Bertz CT molecular complexity index is 242. The predicted molar refractivity (Wildman–Crippen MR) is 79.0 cm³/mol. The van der Waals surface area contributed by atoms with Crippen LogP contribution in [0.5, 0.6) is 0 Å². The summed E-state index contributed by atoms with van der Waals surface area (Å²) in [5, 5.41) is 3.43. The van der Waals surface area contributed by atoms with Crippen molar-refractivity contribution in [2.24, 2.45) is 0 Å². The fourth-order valence-corrected chi connectivity index (χ4v) is 2.71. The molecule has 0 aromatic carbocycles. The number of halogens is 3. The maximum atomic E-state index is 12.8. The molecule has 0 spiro atoms. The second-order valence-corrected chi connectivity index (χ2v) is 5.71. The van der Waals surface area contributed by atoms with Crippen molar-refractivity contribution >= 4 is 0 Å². The summed E-state index contributed by atoms with van der Waals surface area (Å²) < 4.78 is 38.4. The van der Waals surface area contributed by atoms with Crippen molar-refractivity contribution in [1.29, 1.82) is 0 Å². The summed E-state index contributed by atoms with van der Waals surface area (Å²) >= 11 is 0. The van der Waals surface area contributed by atoms with E-state index in [1.165, 1.54) is 0 Å². The summed E-state index contributed by atoms with van der Waals surface area (Å²) in [5.41, 5.74) is 0. The lowest BCUT2D eigenvalue weighted by atomic mass is 9.97. The van der Waals surface area contributed by atoms with Gasteiger partial charge in [-0.1, -0.05) is 27.2 Å². The third-order valence-electron chi connectivity index (χ3n) is 3.59. The SMILES string of the molecule is CCCNC(CCC)C(CC)N(CC(F)(F)F)C(C)C. The Hall–Kier alpha value is -0.290. The highest BCUT2D eigenvalue weighted by Gasteiger charge is 2.36. The molecule has 20 heavy (non-hydrogen) atoms. The van der Waals surface area contributed by atoms with E-state index in [0.29, 0.717) is 0 Å².